The first-order chi connectivity index (χ1) is 11.7. The van der Waals surface area contributed by atoms with Gasteiger partial charge in [-0.2, -0.15) is 0 Å². The fourth-order valence-corrected chi connectivity index (χ4v) is 3.42. The third kappa shape index (κ3) is 4.66. The Labute approximate surface area is 144 Å². The number of aromatic nitrogens is 2. The highest BCUT2D eigenvalue weighted by atomic mass is 16.5. The van der Waals surface area contributed by atoms with Crippen LogP contribution in [0.4, 0.5) is 5.95 Å². The summed E-state index contributed by atoms with van der Waals surface area (Å²) in [6.07, 6.45) is 9.36. The Kier molecular flexibility index (Phi) is 6.01. The summed E-state index contributed by atoms with van der Waals surface area (Å²) >= 11 is 0. The van der Waals surface area contributed by atoms with E-state index in [-0.39, 0.29) is 5.91 Å². The van der Waals surface area contributed by atoms with Gasteiger partial charge in [-0.1, -0.05) is 6.92 Å². The molecule has 1 aromatic heterocycles. The van der Waals surface area contributed by atoms with E-state index in [0.29, 0.717) is 18.4 Å². The molecule has 2 aliphatic heterocycles. The molecule has 0 spiro atoms. The molecule has 0 radical (unpaired) electrons. The second-order valence-electron chi connectivity index (χ2n) is 6.83. The predicted molar refractivity (Wildman–Crippen MR) is 92.9 cm³/mol. The lowest BCUT2D eigenvalue weighted by molar-refractivity contribution is -0.123. The van der Waals surface area contributed by atoms with E-state index >= 15 is 0 Å². The van der Waals surface area contributed by atoms with Gasteiger partial charge in [0.05, 0.1) is 0 Å². The Balaban J connectivity index is 1.41. The van der Waals surface area contributed by atoms with Gasteiger partial charge in [0.15, 0.2) is 0 Å². The highest BCUT2D eigenvalue weighted by Gasteiger charge is 2.24. The summed E-state index contributed by atoms with van der Waals surface area (Å²) in [5.41, 5.74) is 1.17. The van der Waals surface area contributed by atoms with Crippen LogP contribution in [0.25, 0.3) is 0 Å². The summed E-state index contributed by atoms with van der Waals surface area (Å²) in [6, 6.07) is 0.303. The molecule has 1 aromatic rings. The Morgan fingerprint density at radius 2 is 1.88 bits per heavy atom. The van der Waals surface area contributed by atoms with Gasteiger partial charge in [-0.25, -0.2) is 9.97 Å². The maximum atomic E-state index is 12.2. The molecular weight excluding hydrogens is 304 g/mol. The van der Waals surface area contributed by atoms with E-state index in [9.17, 15) is 4.79 Å². The van der Waals surface area contributed by atoms with E-state index in [2.05, 4.69) is 27.1 Å². The number of ether oxygens (including phenoxy) is 1. The summed E-state index contributed by atoms with van der Waals surface area (Å²) in [7, 11) is 0. The summed E-state index contributed by atoms with van der Waals surface area (Å²) < 4.78 is 5.33. The third-order valence-electron chi connectivity index (χ3n) is 5.06. The number of piperidine rings is 1. The van der Waals surface area contributed by atoms with Crippen molar-refractivity contribution in [3.63, 3.8) is 0 Å². The van der Waals surface area contributed by atoms with Crippen LogP contribution in [-0.2, 0) is 16.0 Å². The van der Waals surface area contributed by atoms with E-state index in [1.165, 1.54) is 5.56 Å². The first kappa shape index (κ1) is 17.1. The lowest BCUT2D eigenvalue weighted by atomic mass is 9.93. The van der Waals surface area contributed by atoms with Gasteiger partial charge in [0.1, 0.15) is 0 Å². The SMILES string of the molecule is CCc1cnc(N2CCC(CC(=O)NC3CCOCC3)CC2)nc1. The van der Waals surface area contributed by atoms with Crippen LogP contribution in [0, 0.1) is 5.92 Å². The first-order valence-electron chi connectivity index (χ1n) is 9.17. The average molecular weight is 332 g/mol. The molecule has 2 saturated heterocycles. The molecule has 6 heteroatoms. The Morgan fingerprint density at radius 1 is 1.21 bits per heavy atom. The van der Waals surface area contributed by atoms with Crippen molar-refractivity contribution < 1.29 is 9.53 Å². The van der Waals surface area contributed by atoms with E-state index in [0.717, 1.165) is 64.4 Å². The lowest BCUT2D eigenvalue weighted by Gasteiger charge is -2.32. The van der Waals surface area contributed by atoms with Crippen molar-refractivity contribution in [3.8, 4) is 0 Å². The Morgan fingerprint density at radius 3 is 2.50 bits per heavy atom. The highest BCUT2D eigenvalue weighted by Crippen LogP contribution is 2.23. The fourth-order valence-electron chi connectivity index (χ4n) is 3.42. The van der Waals surface area contributed by atoms with Crippen molar-refractivity contribution >= 4 is 11.9 Å². The van der Waals surface area contributed by atoms with Crippen molar-refractivity contribution in [2.75, 3.05) is 31.2 Å². The van der Waals surface area contributed by atoms with Crippen LogP contribution in [0.1, 0.15) is 44.6 Å². The van der Waals surface area contributed by atoms with Crippen LogP contribution in [0.15, 0.2) is 12.4 Å². The second-order valence-corrected chi connectivity index (χ2v) is 6.83. The van der Waals surface area contributed by atoms with Gasteiger partial charge < -0.3 is 15.0 Å². The van der Waals surface area contributed by atoms with Gasteiger partial charge >= 0.3 is 0 Å². The normalized spacial score (nSPS) is 20.1. The predicted octanol–water partition coefficient (Wildman–Crippen LogP) is 1.94. The molecule has 24 heavy (non-hydrogen) atoms. The maximum Gasteiger partial charge on any atom is 0.225 e. The van der Waals surface area contributed by atoms with E-state index in [1.54, 1.807) is 0 Å². The first-order valence-corrected chi connectivity index (χ1v) is 9.17. The fraction of sp³-hybridized carbons (Fsp3) is 0.722. The zero-order valence-electron chi connectivity index (χ0n) is 14.5. The van der Waals surface area contributed by atoms with Crippen LogP contribution in [0.3, 0.4) is 0 Å². The topological polar surface area (TPSA) is 67.4 Å². The maximum absolute atomic E-state index is 12.2. The minimum absolute atomic E-state index is 0.198. The van der Waals surface area contributed by atoms with Gasteiger partial charge in [-0.05, 0) is 43.6 Å². The van der Waals surface area contributed by atoms with Gasteiger partial charge in [-0.3, -0.25) is 4.79 Å². The molecule has 2 aliphatic rings. The van der Waals surface area contributed by atoms with Crippen LogP contribution >= 0.6 is 0 Å². The number of hydrogen-bond donors (Lipinski definition) is 1. The number of carbonyl (C=O) groups is 1. The Bertz CT molecular complexity index is 520. The second kappa shape index (κ2) is 8.42. The number of aryl methyl sites for hydroxylation is 1. The van der Waals surface area contributed by atoms with Crippen molar-refractivity contribution in [2.45, 2.75) is 51.5 Å². The monoisotopic (exact) mass is 332 g/mol. The summed E-state index contributed by atoms with van der Waals surface area (Å²) in [6.45, 7) is 5.50. The molecule has 2 fully saturated rings. The molecule has 6 nitrogen and oxygen atoms in total. The van der Waals surface area contributed by atoms with Crippen LogP contribution in [-0.4, -0.2) is 48.2 Å². The molecule has 3 rings (SSSR count). The molecule has 0 bridgehead atoms. The molecule has 0 atom stereocenters. The van der Waals surface area contributed by atoms with Gasteiger partial charge in [0.2, 0.25) is 11.9 Å². The summed E-state index contributed by atoms with van der Waals surface area (Å²) in [5.74, 6) is 1.48. The molecule has 1 N–H and O–H groups in total. The molecule has 0 aromatic carbocycles. The number of hydrogen-bond acceptors (Lipinski definition) is 5. The number of rotatable bonds is 5. The van der Waals surface area contributed by atoms with Crippen molar-refractivity contribution in [1.29, 1.82) is 0 Å². The van der Waals surface area contributed by atoms with Crippen LogP contribution in [0.5, 0.6) is 0 Å². The molecule has 0 saturated carbocycles. The third-order valence-corrected chi connectivity index (χ3v) is 5.06. The number of nitrogens with one attached hydrogen (secondary N) is 1. The molecule has 3 heterocycles. The number of anilines is 1. The average Bonchev–Trinajstić information content (AvgIpc) is 2.63. The molecule has 0 aliphatic carbocycles. The van der Waals surface area contributed by atoms with Crippen molar-refractivity contribution in [2.24, 2.45) is 5.92 Å². The van der Waals surface area contributed by atoms with E-state index in [4.69, 9.17) is 4.74 Å². The molecule has 1 amide bonds. The highest BCUT2D eigenvalue weighted by molar-refractivity contribution is 5.76. The van der Waals surface area contributed by atoms with Crippen molar-refractivity contribution in [1.82, 2.24) is 15.3 Å². The van der Waals surface area contributed by atoms with E-state index in [1.807, 2.05) is 12.4 Å². The van der Waals surface area contributed by atoms with Gasteiger partial charge in [-0.15, -0.1) is 0 Å². The minimum atomic E-state index is 0.198. The largest absolute Gasteiger partial charge is 0.381 e. The van der Waals surface area contributed by atoms with Crippen LogP contribution in [0.2, 0.25) is 0 Å². The number of carbonyl (C=O) groups excluding carboxylic acids is 1. The smallest absolute Gasteiger partial charge is 0.225 e. The number of nitrogens with zero attached hydrogens (tertiary/aromatic N) is 3. The standard InChI is InChI=1S/C18H28N4O2/c1-2-14-12-19-18(20-13-14)22-7-3-15(4-8-22)11-17(23)21-16-5-9-24-10-6-16/h12-13,15-16H,2-11H2,1H3,(H,21,23). The summed E-state index contributed by atoms with van der Waals surface area (Å²) in [4.78, 5) is 23.4. The van der Waals surface area contributed by atoms with Gasteiger partial charge in [0, 0.05) is 51.2 Å². The zero-order valence-corrected chi connectivity index (χ0v) is 14.5. The zero-order chi connectivity index (χ0) is 16.8. The molecular formula is C18H28N4O2. The molecule has 132 valence electrons. The minimum Gasteiger partial charge on any atom is -0.381 e. The van der Waals surface area contributed by atoms with Gasteiger partial charge in [0.25, 0.3) is 0 Å². The molecule has 0 unspecified atom stereocenters. The van der Waals surface area contributed by atoms with Crippen LogP contribution < -0.4 is 10.2 Å². The summed E-state index contributed by atoms with van der Waals surface area (Å²) in [5, 5.41) is 3.16. The van der Waals surface area contributed by atoms with E-state index < -0.39 is 0 Å². The quantitative estimate of drug-likeness (QED) is 0.892. The lowest BCUT2D eigenvalue weighted by Crippen LogP contribution is -2.41. The Hall–Kier alpha value is -1.69. The number of amides is 1. The van der Waals surface area contributed by atoms with Crippen molar-refractivity contribution in [3.05, 3.63) is 18.0 Å².